The standard InChI is InChI=1S/C20H25NO3/c1-14-11-16(23-2)12-15-3-4-17(18(14)15)19(22)24-13-20-5-8-21(9-6-20)10-7-20/h4,11-12H,3,5-10,13H2,1-2H3. The van der Waals surface area contributed by atoms with Crippen LogP contribution in [0.3, 0.4) is 0 Å². The molecule has 4 nitrogen and oxygen atoms in total. The number of benzene rings is 1. The minimum Gasteiger partial charge on any atom is -0.497 e. The fraction of sp³-hybridized carbons (Fsp3) is 0.550. The smallest absolute Gasteiger partial charge is 0.338 e. The maximum Gasteiger partial charge on any atom is 0.338 e. The van der Waals surface area contributed by atoms with Gasteiger partial charge in [-0.15, -0.1) is 0 Å². The molecule has 2 bridgehead atoms. The van der Waals surface area contributed by atoms with Crippen molar-refractivity contribution in [2.75, 3.05) is 33.4 Å². The topological polar surface area (TPSA) is 38.8 Å². The Balaban J connectivity index is 1.47. The van der Waals surface area contributed by atoms with E-state index in [2.05, 4.69) is 4.90 Å². The summed E-state index contributed by atoms with van der Waals surface area (Å²) in [5, 5.41) is 0. The molecule has 0 atom stereocenters. The zero-order chi connectivity index (χ0) is 16.7. The second-order valence-corrected chi connectivity index (χ2v) is 7.47. The van der Waals surface area contributed by atoms with E-state index in [9.17, 15) is 4.79 Å². The van der Waals surface area contributed by atoms with Crippen LogP contribution in [-0.4, -0.2) is 44.2 Å². The molecule has 3 aliphatic heterocycles. The Morgan fingerprint density at radius 3 is 2.58 bits per heavy atom. The van der Waals surface area contributed by atoms with Crippen LogP contribution in [0.5, 0.6) is 5.75 Å². The molecule has 1 aromatic rings. The van der Waals surface area contributed by atoms with Gasteiger partial charge in [0.2, 0.25) is 0 Å². The van der Waals surface area contributed by atoms with Gasteiger partial charge in [-0.2, -0.15) is 0 Å². The zero-order valence-electron chi connectivity index (χ0n) is 14.6. The summed E-state index contributed by atoms with van der Waals surface area (Å²) in [6.07, 6.45) is 6.25. The largest absolute Gasteiger partial charge is 0.497 e. The Bertz CT molecular complexity index is 685. The Hall–Kier alpha value is -1.81. The summed E-state index contributed by atoms with van der Waals surface area (Å²) in [5.74, 6) is 0.687. The molecule has 0 saturated carbocycles. The van der Waals surface area contributed by atoms with Gasteiger partial charge in [-0.25, -0.2) is 4.79 Å². The number of carbonyl (C=O) groups excluding carboxylic acids is 1. The molecule has 1 aromatic carbocycles. The van der Waals surface area contributed by atoms with Gasteiger partial charge < -0.3 is 14.4 Å². The van der Waals surface area contributed by atoms with E-state index in [4.69, 9.17) is 9.47 Å². The first-order valence-electron chi connectivity index (χ1n) is 8.88. The lowest BCUT2D eigenvalue weighted by atomic mass is 9.73. The number of hydrogen-bond acceptors (Lipinski definition) is 4. The number of hydrogen-bond donors (Lipinski definition) is 0. The predicted octanol–water partition coefficient (Wildman–Crippen LogP) is 2.97. The first kappa shape index (κ1) is 15.7. The molecule has 4 aliphatic rings. The van der Waals surface area contributed by atoms with Crippen LogP contribution >= 0.6 is 0 Å². The molecule has 0 aromatic heterocycles. The number of nitrogens with zero attached hydrogens (tertiary/aromatic N) is 1. The quantitative estimate of drug-likeness (QED) is 0.797. The van der Waals surface area contributed by atoms with Crippen LogP contribution < -0.4 is 4.74 Å². The first-order chi connectivity index (χ1) is 11.6. The Morgan fingerprint density at radius 2 is 1.92 bits per heavy atom. The number of rotatable bonds is 4. The average molecular weight is 327 g/mol. The van der Waals surface area contributed by atoms with Crippen molar-refractivity contribution < 1.29 is 14.3 Å². The van der Waals surface area contributed by atoms with Crippen molar-refractivity contribution in [2.24, 2.45) is 5.41 Å². The normalized spacial score (nSPS) is 27.6. The Kier molecular flexibility index (Phi) is 3.87. The van der Waals surface area contributed by atoms with Crippen molar-refractivity contribution in [1.29, 1.82) is 0 Å². The molecule has 0 amide bonds. The number of ether oxygens (including phenoxy) is 2. The van der Waals surface area contributed by atoms with Crippen molar-refractivity contribution in [3.8, 4) is 5.75 Å². The van der Waals surface area contributed by atoms with E-state index in [0.717, 1.165) is 73.3 Å². The molecule has 3 fully saturated rings. The summed E-state index contributed by atoms with van der Waals surface area (Å²) < 4.78 is 11.1. The monoisotopic (exact) mass is 327 g/mol. The van der Waals surface area contributed by atoms with E-state index < -0.39 is 0 Å². The second kappa shape index (κ2) is 5.92. The summed E-state index contributed by atoms with van der Waals surface area (Å²) in [6.45, 7) is 6.07. The molecule has 3 heterocycles. The fourth-order valence-corrected chi connectivity index (χ4v) is 4.40. The molecule has 0 radical (unpaired) electrons. The van der Waals surface area contributed by atoms with Crippen LogP contribution in [0, 0.1) is 12.3 Å². The third-order valence-corrected chi connectivity index (χ3v) is 6.03. The van der Waals surface area contributed by atoms with Crippen LogP contribution in [0.2, 0.25) is 0 Å². The maximum atomic E-state index is 12.7. The molecule has 3 saturated heterocycles. The molecular weight excluding hydrogens is 302 g/mol. The number of aryl methyl sites for hydroxylation is 1. The number of esters is 1. The molecule has 128 valence electrons. The van der Waals surface area contributed by atoms with Gasteiger partial charge in [-0.1, -0.05) is 6.08 Å². The van der Waals surface area contributed by atoms with Gasteiger partial charge in [0.25, 0.3) is 0 Å². The van der Waals surface area contributed by atoms with E-state index in [1.54, 1.807) is 7.11 Å². The lowest BCUT2D eigenvalue weighted by molar-refractivity contribution is -0.143. The van der Waals surface area contributed by atoms with Crippen molar-refractivity contribution in [1.82, 2.24) is 4.90 Å². The number of fused-ring (bicyclic) bond motifs is 4. The minimum atomic E-state index is -0.163. The minimum absolute atomic E-state index is 0.163. The molecule has 24 heavy (non-hydrogen) atoms. The lowest BCUT2D eigenvalue weighted by Crippen LogP contribution is -2.50. The van der Waals surface area contributed by atoms with Crippen LogP contribution in [0.4, 0.5) is 0 Å². The highest BCUT2D eigenvalue weighted by atomic mass is 16.5. The number of methoxy groups -OCH3 is 1. The van der Waals surface area contributed by atoms with Gasteiger partial charge in [-0.05, 0) is 81.1 Å². The molecule has 1 aliphatic carbocycles. The lowest BCUT2D eigenvalue weighted by Gasteiger charge is -2.47. The van der Waals surface area contributed by atoms with Gasteiger partial charge in [0, 0.05) is 5.41 Å². The van der Waals surface area contributed by atoms with Crippen molar-refractivity contribution in [3.63, 3.8) is 0 Å². The zero-order valence-corrected chi connectivity index (χ0v) is 14.6. The summed E-state index contributed by atoms with van der Waals surface area (Å²) in [4.78, 5) is 15.2. The summed E-state index contributed by atoms with van der Waals surface area (Å²) in [7, 11) is 1.67. The highest BCUT2D eigenvalue weighted by Crippen LogP contribution is 2.41. The van der Waals surface area contributed by atoms with Gasteiger partial charge in [0.1, 0.15) is 5.75 Å². The molecule has 0 unspecified atom stereocenters. The van der Waals surface area contributed by atoms with Gasteiger partial charge >= 0.3 is 5.97 Å². The summed E-state index contributed by atoms with van der Waals surface area (Å²) in [5.41, 5.74) is 4.23. The van der Waals surface area contributed by atoms with E-state index in [1.165, 1.54) is 0 Å². The first-order valence-corrected chi connectivity index (χ1v) is 8.88. The average Bonchev–Trinajstić information content (AvgIpc) is 3.06. The highest BCUT2D eigenvalue weighted by Gasteiger charge is 2.40. The molecule has 5 rings (SSSR count). The predicted molar refractivity (Wildman–Crippen MR) is 93.1 cm³/mol. The summed E-state index contributed by atoms with van der Waals surface area (Å²) in [6, 6.07) is 4.01. The van der Waals surface area contributed by atoms with Crippen LogP contribution in [0.25, 0.3) is 5.57 Å². The highest BCUT2D eigenvalue weighted by molar-refractivity contribution is 6.18. The van der Waals surface area contributed by atoms with Crippen molar-refractivity contribution >= 4 is 11.5 Å². The van der Waals surface area contributed by atoms with Crippen LogP contribution in [0.1, 0.15) is 36.0 Å². The molecule has 0 spiro atoms. The number of allylic oxidation sites excluding steroid dienone is 1. The van der Waals surface area contributed by atoms with Gasteiger partial charge in [0.15, 0.2) is 0 Å². The number of piperidine rings is 3. The number of carbonyl (C=O) groups is 1. The third-order valence-electron chi connectivity index (χ3n) is 6.03. The molecule has 4 heteroatoms. The van der Waals surface area contributed by atoms with Crippen LogP contribution in [-0.2, 0) is 16.0 Å². The Labute approximate surface area is 143 Å². The van der Waals surface area contributed by atoms with Crippen molar-refractivity contribution in [3.05, 3.63) is 34.9 Å². The van der Waals surface area contributed by atoms with Crippen molar-refractivity contribution in [2.45, 2.75) is 32.6 Å². The van der Waals surface area contributed by atoms with Gasteiger partial charge in [0.05, 0.1) is 19.3 Å². The van der Waals surface area contributed by atoms with E-state index in [0.29, 0.717) is 6.61 Å². The third kappa shape index (κ3) is 2.63. The van der Waals surface area contributed by atoms with Gasteiger partial charge in [-0.3, -0.25) is 0 Å². The van der Waals surface area contributed by atoms with E-state index in [-0.39, 0.29) is 11.4 Å². The maximum absolute atomic E-state index is 12.7. The fourth-order valence-electron chi connectivity index (χ4n) is 4.40. The van der Waals surface area contributed by atoms with E-state index in [1.807, 2.05) is 25.1 Å². The molecule has 0 N–H and O–H groups in total. The Morgan fingerprint density at radius 1 is 1.21 bits per heavy atom. The van der Waals surface area contributed by atoms with Crippen LogP contribution in [0.15, 0.2) is 18.2 Å². The van der Waals surface area contributed by atoms with E-state index >= 15 is 0 Å². The summed E-state index contributed by atoms with van der Waals surface area (Å²) >= 11 is 0. The second-order valence-electron chi connectivity index (χ2n) is 7.47. The SMILES string of the molecule is COc1cc(C)c2c(c1)CC=C2C(=O)OCC12CCN(CC1)CC2. The molecular formula is C20H25NO3.